The lowest BCUT2D eigenvalue weighted by atomic mass is 10.1. The zero-order valence-electron chi connectivity index (χ0n) is 6.54. The molecular formula is C9H5BrN2S. The fraction of sp³-hybridized carbons (Fsp3) is 0. The summed E-state index contributed by atoms with van der Waals surface area (Å²) in [5.41, 5.74) is 7.06. The summed E-state index contributed by atoms with van der Waals surface area (Å²) >= 11 is 4.97. The summed E-state index contributed by atoms with van der Waals surface area (Å²) < 4.78 is 2.06. The highest BCUT2D eigenvalue weighted by Gasteiger charge is 2.04. The van der Waals surface area contributed by atoms with Crippen molar-refractivity contribution in [2.45, 2.75) is 0 Å². The molecule has 0 amide bonds. The molecular weight excluding hydrogens is 248 g/mol. The fourth-order valence-corrected chi connectivity index (χ4v) is 2.74. The predicted octanol–water partition coefficient (Wildman–Crippen LogP) is 3.12. The number of hydrogen-bond acceptors (Lipinski definition) is 3. The molecule has 0 aliphatic heterocycles. The highest BCUT2D eigenvalue weighted by Crippen LogP contribution is 2.34. The molecule has 0 atom stereocenters. The Morgan fingerprint density at radius 3 is 2.85 bits per heavy atom. The normalized spacial score (nSPS) is 10.2. The smallest absolute Gasteiger partial charge is 0.0992 e. The van der Waals surface area contributed by atoms with Crippen LogP contribution in [-0.2, 0) is 0 Å². The van der Waals surface area contributed by atoms with Crippen molar-refractivity contribution >= 4 is 43.0 Å². The van der Waals surface area contributed by atoms with Crippen LogP contribution in [0.25, 0.3) is 10.1 Å². The molecule has 2 aromatic rings. The number of fused-ring (bicyclic) bond motifs is 1. The average molecular weight is 253 g/mol. The molecule has 2 N–H and O–H groups in total. The number of nitriles is 1. The van der Waals surface area contributed by atoms with E-state index in [1.54, 1.807) is 17.4 Å². The van der Waals surface area contributed by atoms with Gasteiger partial charge in [-0.2, -0.15) is 5.26 Å². The third kappa shape index (κ3) is 1.41. The van der Waals surface area contributed by atoms with Gasteiger partial charge < -0.3 is 5.73 Å². The van der Waals surface area contributed by atoms with E-state index in [1.165, 1.54) is 0 Å². The van der Waals surface area contributed by atoms with Crippen molar-refractivity contribution in [3.63, 3.8) is 0 Å². The van der Waals surface area contributed by atoms with Gasteiger partial charge in [0.25, 0.3) is 0 Å². The van der Waals surface area contributed by atoms with Crippen molar-refractivity contribution in [1.29, 1.82) is 5.26 Å². The number of nitrogens with zero attached hydrogens (tertiary/aromatic N) is 1. The molecule has 2 rings (SSSR count). The van der Waals surface area contributed by atoms with E-state index in [-0.39, 0.29) is 0 Å². The van der Waals surface area contributed by atoms with E-state index >= 15 is 0 Å². The number of rotatable bonds is 0. The summed E-state index contributed by atoms with van der Waals surface area (Å²) in [6.45, 7) is 0. The van der Waals surface area contributed by atoms with Crippen LogP contribution < -0.4 is 5.73 Å². The summed E-state index contributed by atoms with van der Waals surface area (Å²) in [7, 11) is 0. The lowest BCUT2D eigenvalue weighted by Gasteiger charge is -1.95. The van der Waals surface area contributed by atoms with Crippen molar-refractivity contribution in [2.75, 3.05) is 5.73 Å². The van der Waals surface area contributed by atoms with Gasteiger partial charge in [0.2, 0.25) is 0 Å². The summed E-state index contributed by atoms with van der Waals surface area (Å²) in [6, 6.07) is 7.59. The SMILES string of the molecule is N#Cc1cc(N)c2sc(Br)cc2c1. The van der Waals surface area contributed by atoms with Gasteiger partial charge in [0.05, 0.1) is 25.8 Å². The first-order valence-corrected chi connectivity index (χ1v) is 5.20. The molecule has 2 nitrogen and oxygen atoms in total. The number of nitrogens with two attached hydrogens (primary N) is 1. The second-order valence-corrected chi connectivity index (χ2v) is 5.08. The summed E-state index contributed by atoms with van der Waals surface area (Å²) in [6.07, 6.45) is 0. The number of hydrogen-bond donors (Lipinski definition) is 1. The Kier molecular flexibility index (Phi) is 1.98. The molecule has 0 bridgehead atoms. The summed E-state index contributed by atoms with van der Waals surface area (Å²) in [4.78, 5) is 0. The Morgan fingerprint density at radius 2 is 2.15 bits per heavy atom. The minimum Gasteiger partial charge on any atom is -0.398 e. The van der Waals surface area contributed by atoms with E-state index in [9.17, 15) is 0 Å². The van der Waals surface area contributed by atoms with Crippen LogP contribution in [0.3, 0.4) is 0 Å². The minimum atomic E-state index is 0.607. The second-order valence-electron chi connectivity index (χ2n) is 2.65. The Labute approximate surface area is 87.7 Å². The standard InChI is InChI=1S/C9H5BrN2S/c10-8-3-6-1-5(4-11)2-7(12)9(6)13-8/h1-3H,12H2. The molecule has 0 saturated heterocycles. The van der Waals surface area contributed by atoms with Gasteiger partial charge in [0.1, 0.15) is 0 Å². The largest absolute Gasteiger partial charge is 0.398 e. The summed E-state index contributed by atoms with van der Waals surface area (Å²) in [5, 5.41) is 9.74. The van der Waals surface area contributed by atoms with Crippen LogP contribution >= 0.6 is 27.3 Å². The molecule has 4 heteroatoms. The number of halogens is 1. The zero-order valence-corrected chi connectivity index (χ0v) is 8.95. The fourth-order valence-electron chi connectivity index (χ4n) is 1.21. The van der Waals surface area contributed by atoms with Gasteiger partial charge >= 0.3 is 0 Å². The maximum Gasteiger partial charge on any atom is 0.0992 e. The molecule has 0 aliphatic rings. The van der Waals surface area contributed by atoms with Crippen molar-refractivity contribution in [3.05, 3.63) is 27.5 Å². The van der Waals surface area contributed by atoms with E-state index in [1.807, 2.05) is 12.1 Å². The Hall–Kier alpha value is -1.05. The molecule has 0 spiro atoms. The van der Waals surface area contributed by atoms with E-state index in [0.29, 0.717) is 11.3 Å². The van der Waals surface area contributed by atoms with Crippen molar-refractivity contribution in [1.82, 2.24) is 0 Å². The maximum absolute atomic E-state index is 8.71. The van der Waals surface area contributed by atoms with E-state index in [2.05, 4.69) is 22.0 Å². The number of nitrogen functional groups attached to an aromatic ring is 1. The van der Waals surface area contributed by atoms with Crippen molar-refractivity contribution < 1.29 is 0 Å². The van der Waals surface area contributed by atoms with Gasteiger partial charge in [-0.1, -0.05) is 0 Å². The maximum atomic E-state index is 8.71. The van der Waals surface area contributed by atoms with Gasteiger partial charge in [-0.3, -0.25) is 0 Å². The number of anilines is 1. The molecule has 1 heterocycles. The zero-order chi connectivity index (χ0) is 9.42. The van der Waals surface area contributed by atoms with Crippen LogP contribution in [0.4, 0.5) is 5.69 Å². The van der Waals surface area contributed by atoms with Crippen LogP contribution in [0.1, 0.15) is 5.56 Å². The van der Waals surface area contributed by atoms with Crippen LogP contribution in [0.5, 0.6) is 0 Å². The van der Waals surface area contributed by atoms with Crippen molar-refractivity contribution in [3.8, 4) is 6.07 Å². The lowest BCUT2D eigenvalue weighted by Crippen LogP contribution is -1.85. The highest BCUT2D eigenvalue weighted by atomic mass is 79.9. The predicted molar refractivity (Wildman–Crippen MR) is 58.7 cm³/mol. The Morgan fingerprint density at radius 1 is 1.38 bits per heavy atom. The first kappa shape index (κ1) is 8.54. The quantitative estimate of drug-likeness (QED) is 0.733. The van der Waals surface area contributed by atoms with Gasteiger partial charge in [-0.15, -0.1) is 11.3 Å². The topological polar surface area (TPSA) is 49.8 Å². The number of benzene rings is 1. The van der Waals surface area contributed by atoms with Crippen LogP contribution in [0.2, 0.25) is 0 Å². The van der Waals surface area contributed by atoms with Crippen LogP contribution in [0.15, 0.2) is 22.0 Å². The molecule has 1 aromatic heterocycles. The molecule has 0 unspecified atom stereocenters. The highest BCUT2D eigenvalue weighted by molar-refractivity contribution is 9.11. The first-order chi connectivity index (χ1) is 6.20. The van der Waals surface area contributed by atoms with Crippen LogP contribution in [0, 0.1) is 11.3 Å². The first-order valence-electron chi connectivity index (χ1n) is 3.59. The average Bonchev–Trinajstić information content (AvgIpc) is 2.46. The van der Waals surface area contributed by atoms with Crippen LogP contribution in [-0.4, -0.2) is 0 Å². The van der Waals surface area contributed by atoms with Gasteiger partial charge in [0, 0.05) is 0 Å². The monoisotopic (exact) mass is 252 g/mol. The Balaban J connectivity index is 2.85. The summed E-state index contributed by atoms with van der Waals surface area (Å²) in [5.74, 6) is 0. The lowest BCUT2D eigenvalue weighted by molar-refractivity contribution is 1.50. The molecule has 1 aromatic carbocycles. The number of thiophene rings is 1. The molecule has 64 valence electrons. The molecule has 0 fully saturated rings. The third-order valence-corrected chi connectivity index (χ3v) is 3.45. The van der Waals surface area contributed by atoms with Gasteiger partial charge in [0.15, 0.2) is 0 Å². The molecule has 0 saturated carbocycles. The Bertz CT molecular complexity index is 510. The third-order valence-electron chi connectivity index (χ3n) is 1.74. The van der Waals surface area contributed by atoms with Gasteiger partial charge in [-0.05, 0) is 39.5 Å². The van der Waals surface area contributed by atoms with E-state index in [0.717, 1.165) is 13.9 Å². The van der Waals surface area contributed by atoms with Crippen molar-refractivity contribution in [2.24, 2.45) is 0 Å². The van der Waals surface area contributed by atoms with E-state index < -0.39 is 0 Å². The van der Waals surface area contributed by atoms with Gasteiger partial charge in [-0.25, -0.2) is 0 Å². The minimum absolute atomic E-state index is 0.607. The molecule has 0 aliphatic carbocycles. The van der Waals surface area contributed by atoms with E-state index in [4.69, 9.17) is 11.0 Å². The second kappa shape index (κ2) is 3.02. The molecule has 0 radical (unpaired) electrons. The molecule has 13 heavy (non-hydrogen) atoms.